The molecule has 0 saturated heterocycles. The van der Waals surface area contributed by atoms with Crippen molar-refractivity contribution in [1.29, 1.82) is 0 Å². The molecule has 0 aliphatic heterocycles. The largest absolute Gasteiger partial charge is 0.489 e. The van der Waals surface area contributed by atoms with E-state index in [1.807, 2.05) is 54.6 Å². The van der Waals surface area contributed by atoms with Crippen LogP contribution in [-0.4, -0.2) is 6.21 Å². The van der Waals surface area contributed by atoms with Gasteiger partial charge in [0, 0.05) is 16.3 Å². The zero-order valence-electron chi connectivity index (χ0n) is 12.8. The molecule has 0 spiro atoms. The van der Waals surface area contributed by atoms with Crippen molar-refractivity contribution in [2.45, 2.75) is 6.61 Å². The summed E-state index contributed by atoms with van der Waals surface area (Å²) in [6.45, 7) is 0.533. The first-order valence-electron chi connectivity index (χ1n) is 7.46. The zero-order valence-corrected chi connectivity index (χ0v) is 14.3. The summed E-state index contributed by atoms with van der Waals surface area (Å²) in [6, 6.07) is 23.0. The quantitative estimate of drug-likeness (QED) is 0.490. The van der Waals surface area contributed by atoms with Crippen LogP contribution in [0, 0.1) is 0 Å². The van der Waals surface area contributed by atoms with Crippen molar-refractivity contribution < 1.29 is 4.74 Å². The number of nitrogens with zero attached hydrogens (tertiary/aromatic N) is 1. The van der Waals surface area contributed by atoms with E-state index >= 15 is 0 Å². The Balaban J connectivity index is 1.69. The topological polar surface area (TPSA) is 21.6 Å². The summed E-state index contributed by atoms with van der Waals surface area (Å²) in [5.41, 5.74) is 2.78. The number of halogens is 2. The molecule has 0 unspecified atom stereocenters. The maximum atomic E-state index is 5.98. The van der Waals surface area contributed by atoms with Crippen LogP contribution in [-0.2, 0) is 6.61 Å². The molecule has 0 aromatic heterocycles. The molecule has 0 heterocycles. The van der Waals surface area contributed by atoms with Crippen LogP contribution >= 0.6 is 23.2 Å². The number of benzene rings is 3. The minimum absolute atomic E-state index is 0.533. The van der Waals surface area contributed by atoms with Crippen molar-refractivity contribution in [3.8, 4) is 5.75 Å². The average Bonchev–Trinajstić information content (AvgIpc) is 2.59. The SMILES string of the molecule is Clc1cc(Cl)cc(N=Cc2cccc(OCc3ccccc3)c2)c1. The Morgan fingerprint density at radius 2 is 1.58 bits per heavy atom. The smallest absolute Gasteiger partial charge is 0.120 e. The maximum absolute atomic E-state index is 5.98. The molecule has 0 radical (unpaired) electrons. The molecule has 0 bridgehead atoms. The summed E-state index contributed by atoms with van der Waals surface area (Å²) in [4.78, 5) is 4.41. The van der Waals surface area contributed by atoms with E-state index in [4.69, 9.17) is 27.9 Å². The van der Waals surface area contributed by atoms with Crippen LogP contribution in [0.1, 0.15) is 11.1 Å². The van der Waals surface area contributed by atoms with Crippen molar-refractivity contribution in [2.75, 3.05) is 0 Å². The highest BCUT2D eigenvalue weighted by atomic mass is 35.5. The first-order chi connectivity index (χ1) is 11.7. The van der Waals surface area contributed by atoms with Gasteiger partial charge in [0.2, 0.25) is 0 Å². The lowest BCUT2D eigenvalue weighted by Crippen LogP contribution is -1.95. The van der Waals surface area contributed by atoms with E-state index in [0.717, 1.165) is 16.9 Å². The highest BCUT2D eigenvalue weighted by molar-refractivity contribution is 6.35. The third kappa shape index (κ3) is 4.85. The average molecular weight is 356 g/mol. The lowest BCUT2D eigenvalue weighted by atomic mass is 10.2. The van der Waals surface area contributed by atoms with Crippen LogP contribution in [0.2, 0.25) is 10.0 Å². The molecule has 0 aliphatic rings. The molecule has 0 aliphatic carbocycles. The number of hydrogen-bond donors (Lipinski definition) is 0. The van der Waals surface area contributed by atoms with E-state index in [-0.39, 0.29) is 0 Å². The van der Waals surface area contributed by atoms with Crippen LogP contribution in [0.25, 0.3) is 0 Å². The summed E-state index contributed by atoms with van der Waals surface area (Å²) in [5, 5.41) is 1.13. The molecular weight excluding hydrogens is 341 g/mol. The third-order valence-corrected chi connectivity index (χ3v) is 3.75. The second-order valence-corrected chi connectivity index (χ2v) is 6.11. The first kappa shape index (κ1) is 16.6. The minimum atomic E-state index is 0.533. The van der Waals surface area contributed by atoms with Gasteiger partial charge in [0.05, 0.1) is 5.69 Å². The van der Waals surface area contributed by atoms with Crippen molar-refractivity contribution >= 4 is 35.1 Å². The second-order valence-electron chi connectivity index (χ2n) is 5.23. The maximum Gasteiger partial charge on any atom is 0.120 e. The predicted molar refractivity (Wildman–Crippen MR) is 101 cm³/mol. The lowest BCUT2D eigenvalue weighted by Gasteiger charge is -2.06. The number of aliphatic imine (C=N–C) groups is 1. The van der Waals surface area contributed by atoms with Gasteiger partial charge < -0.3 is 4.74 Å². The molecular formula is C20H15Cl2NO. The summed E-state index contributed by atoms with van der Waals surface area (Å²) >= 11 is 12.0. The Hall–Kier alpha value is -2.29. The van der Waals surface area contributed by atoms with Gasteiger partial charge in [0.15, 0.2) is 0 Å². The van der Waals surface area contributed by atoms with Crippen molar-refractivity contribution in [1.82, 2.24) is 0 Å². The third-order valence-electron chi connectivity index (χ3n) is 3.32. The summed E-state index contributed by atoms with van der Waals surface area (Å²) in [7, 11) is 0. The van der Waals surface area contributed by atoms with Gasteiger partial charge in [-0.05, 0) is 41.5 Å². The number of ether oxygens (including phenoxy) is 1. The van der Waals surface area contributed by atoms with Gasteiger partial charge in [0.25, 0.3) is 0 Å². The highest BCUT2D eigenvalue weighted by Crippen LogP contribution is 2.24. The molecule has 24 heavy (non-hydrogen) atoms. The molecule has 4 heteroatoms. The molecule has 0 saturated carbocycles. The predicted octanol–water partition coefficient (Wildman–Crippen LogP) is 6.32. The van der Waals surface area contributed by atoms with E-state index in [1.54, 1.807) is 24.4 Å². The fourth-order valence-corrected chi connectivity index (χ4v) is 2.70. The summed E-state index contributed by atoms with van der Waals surface area (Å²) < 4.78 is 5.82. The lowest BCUT2D eigenvalue weighted by molar-refractivity contribution is 0.306. The Morgan fingerprint density at radius 1 is 0.833 bits per heavy atom. The van der Waals surface area contributed by atoms with E-state index in [1.165, 1.54) is 0 Å². The van der Waals surface area contributed by atoms with Crippen molar-refractivity contribution in [3.63, 3.8) is 0 Å². The van der Waals surface area contributed by atoms with Crippen LogP contribution in [0.4, 0.5) is 5.69 Å². The van der Waals surface area contributed by atoms with Crippen LogP contribution < -0.4 is 4.74 Å². The molecule has 0 N–H and O–H groups in total. The highest BCUT2D eigenvalue weighted by Gasteiger charge is 1.98. The molecule has 3 aromatic rings. The molecule has 3 rings (SSSR count). The fraction of sp³-hybridized carbons (Fsp3) is 0.0500. The van der Waals surface area contributed by atoms with Crippen molar-refractivity contribution in [2.24, 2.45) is 4.99 Å². The summed E-state index contributed by atoms with van der Waals surface area (Å²) in [5.74, 6) is 0.798. The second kappa shape index (κ2) is 8.00. The van der Waals surface area contributed by atoms with Crippen LogP contribution in [0.15, 0.2) is 77.8 Å². The van der Waals surface area contributed by atoms with Gasteiger partial charge in [-0.25, -0.2) is 0 Å². The molecule has 0 atom stereocenters. The zero-order chi connectivity index (χ0) is 16.8. The normalized spacial score (nSPS) is 10.9. The molecule has 120 valence electrons. The van der Waals surface area contributed by atoms with Gasteiger partial charge in [-0.2, -0.15) is 0 Å². The van der Waals surface area contributed by atoms with Gasteiger partial charge in [-0.15, -0.1) is 0 Å². The first-order valence-corrected chi connectivity index (χ1v) is 8.21. The molecule has 0 fully saturated rings. The van der Waals surface area contributed by atoms with Crippen LogP contribution in [0.5, 0.6) is 5.75 Å². The van der Waals surface area contributed by atoms with Gasteiger partial charge in [-0.1, -0.05) is 65.7 Å². The number of rotatable bonds is 5. The number of hydrogen-bond acceptors (Lipinski definition) is 2. The summed E-state index contributed by atoms with van der Waals surface area (Å²) in [6.07, 6.45) is 1.76. The van der Waals surface area contributed by atoms with Crippen LogP contribution in [0.3, 0.4) is 0 Å². The standard InChI is InChI=1S/C20H15Cl2NO/c21-17-10-18(22)12-19(11-17)23-13-16-7-4-8-20(9-16)24-14-15-5-2-1-3-6-15/h1-13H,14H2. The van der Waals surface area contributed by atoms with E-state index < -0.39 is 0 Å². The van der Waals surface area contributed by atoms with E-state index in [2.05, 4.69) is 4.99 Å². The van der Waals surface area contributed by atoms with Crippen molar-refractivity contribution in [3.05, 3.63) is 94.0 Å². The fourth-order valence-electron chi connectivity index (χ4n) is 2.19. The van der Waals surface area contributed by atoms with E-state index in [9.17, 15) is 0 Å². The van der Waals surface area contributed by atoms with Gasteiger partial charge in [-0.3, -0.25) is 4.99 Å². The van der Waals surface area contributed by atoms with Gasteiger partial charge >= 0.3 is 0 Å². The Kier molecular flexibility index (Phi) is 5.52. The molecule has 3 aromatic carbocycles. The van der Waals surface area contributed by atoms with E-state index in [0.29, 0.717) is 22.3 Å². The Labute approximate surface area is 151 Å². The minimum Gasteiger partial charge on any atom is -0.489 e. The monoisotopic (exact) mass is 355 g/mol. The Morgan fingerprint density at radius 3 is 2.33 bits per heavy atom. The van der Waals surface area contributed by atoms with Gasteiger partial charge in [0.1, 0.15) is 12.4 Å². The molecule has 2 nitrogen and oxygen atoms in total. The Bertz CT molecular complexity index is 827. The molecule has 0 amide bonds.